The summed E-state index contributed by atoms with van der Waals surface area (Å²) in [7, 11) is -2.25. The second kappa shape index (κ2) is 10.8. The first-order chi connectivity index (χ1) is 15.3. The second-order valence-electron chi connectivity index (χ2n) is 6.44. The highest BCUT2D eigenvalue weighted by atomic mass is 16.8. The predicted octanol–water partition coefficient (Wildman–Crippen LogP) is 5.29. The molecule has 4 aromatic rings. The molecule has 0 radical (unpaired) electrons. The monoisotopic (exact) mass is 410 g/mol. The average molecular weight is 410 g/mol. The minimum atomic E-state index is -1.12. The summed E-state index contributed by atoms with van der Waals surface area (Å²) in [6, 6.07) is 37.1. The van der Waals surface area contributed by atoms with Crippen molar-refractivity contribution >= 4 is 14.6 Å². The summed E-state index contributed by atoms with van der Waals surface area (Å²) in [4.78, 5) is 0. The molecule has 0 saturated carbocycles. The van der Waals surface area contributed by atoms with Gasteiger partial charge in [0.25, 0.3) is 0 Å². The van der Waals surface area contributed by atoms with Gasteiger partial charge in [0.05, 0.1) is 0 Å². The highest BCUT2D eigenvalue weighted by Gasteiger charge is 2.40. The quantitative estimate of drug-likeness (QED) is 0.333. The summed E-state index contributed by atoms with van der Waals surface area (Å²) in [5, 5.41) is 0. The Morgan fingerprint density at radius 1 is 0.323 bits per heavy atom. The molecule has 0 aliphatic heterocycles. The summed E-state index contributed by atoms with van der Waals surface area (Å²) in [6.07, 6.45) is 0. The predicted molar refractivity (Wildman–Crippen MR) is 121 cm³/mol. The Morgan fingerprint density at radius 2 is 0.548 bits per heavy atom. The van der Waals surface area contributed by atoms with Crippen molar-refractivity contribution in [3.05, 3.63) is 121 Å². The van der Waals surface area contributed by atoms with Gasteiger partial charge in [-0.25, -0.2) is 0 Å². The fraction of sp³-hybridized carbons (Fsp3) is 0. The Balaban J connectivity index is 1.55. The molecule has 0 N–H and O–H groups in total. The van der Waals surface area contributed by atoms with E-state index in [9.17, 15) is 0 Å². The van der Waals surface area contributed by atoms with E-state index in [1.54, 1.807) is 0 Å². The van der Waals surface area contributed by atoms with Crippen LogP contribution >= 0.6 is 0 Å². The molecule has 0 aliphatic rings. The van der Waals surface area contributed by atoms with Gasteiger partial charge in [0.2, 0.25) is 0 Å². The van der Waals surface area contributed by atoms with Crippen LogP contribution in [0.1, 0.15) is 0 Å². The van der Waals surface area contributed by atoms with Crippen LogP contribution in [-0.4, -0.2) is 14.6 Å². The fourth-order valence-corrected chi connectivity index (χ4v) is 2.69. The molecule has 152 valence electrons. The summed E-state index contributed by atoms with van der Waals surface area (Å²) in [5.74, 6) is 2.34. The molecular weight excluding hydrogens is 390 g/mol. The Labute approximate surface area is 182 Å². The van der Waals surface area contributed by atoms with Crippen molar-refractivity contribution < 1.29 is 23.2 Å². The first-order valence-corrected chi connectivity index (χ1v) is 9.87. The van der Waals surface area contributed by atoms with Gasteiger partial charge >= 0.3 is 14.6 Å². The van der Waals surface area contributed by atoms with Crippen LogP contribution in [-0.2, 0) is 4.57 Å². The van der Waals surface area contributed by atoms with Gasteiger partial charge in [-0.1, -0.05) is 72.8 Å². The molecule has 0 aromatic heterocycles. The van der Waals surface area contributed by atoms with E-state index in [1.807, 2.05) is 121 Å². The van der Waals surface area contributed by atoms with E-state index in [4.69, 9.17) is 23.2 Å². The van der Waals surface area contributed by atoms with Crippen molar-refractivity contribution in [2.45, 2.75) is 0 Å². The maximum atomic E-state index is 5.98. The third kappa shape index (κ3) is 6.59. The lowest BCUT2D eigenvalue weighted by Crippen LogP contribution is -2.45. The molecule has 0 bridgehead atoms. The minimum Gasteiger partial charge on any atom is -0.502 e. The van der Waals surface area contributed by atoms with Crippen LogP contribution in [0, 0.1) is 0 Å². The van der Waals surface area contributed by atoms with E-state index in [0.717, 1.165) is 0 Å². The van der Waals surface area contributed by atoms with Crippen molar-refractivity contribution in [3.8, 4) is 23.0 Å². The van der Waals surface area contributed by atoms with Crippen molar-refractivity contribution in [2.75, 3.05) is 0 Å². The highest BCUT2D eigenvalue weighted by molar-refractivity contribution is 6.53. The van der Waals surface area contributed by atoms with Gasteiger partial charge < -0.3 is 23.2 Å². The van der Waals surface area contributed by atoms with Gasteiger partial charge in [0.1, 0.15) is 23.0 Å². The van der Waals surface area contributed by atoms with Crippen LogP contribution in [0.2, 0.25) is 0 Å². The lowest BCUT2D eigenvalue weighted by molar-refractivity contribution is 0.236. The Hall–Kier alpha value is -3.83. The topological polar surface area (TPSA) is 46.2 Å². The lowest BCUT2D eigenvalue weighted by Gasteiger charge is -2.20. The molecule has 7 heteroatoms. The zero-order valence-corrected chi connectivity index (χ0v) is 16.7. The van der Waals surface area contributed by atoms with Crippen LogP contribution in [0.4, 0.5) is 0 Å². The van der Waals surface area contributed by atoms with Gasteiger partial charge in [-0.2, -0.15) is 0 Å². The van der Waals surface area contributed by atoms with Gasteiger partial charge in [-0.05, 0) is 48.5 Å². The first-order valence-electron chi connectivity index (χ1n) is 9.87. The normalized spacial score (nSPS) is 10.1. The van der Waals surface area contributed by atoms with E-state index >= 15 is 0 Å². The number of para-hydroxylation sites is 4. The van der Waals surface area contributed by atoms with E-state index < -0.39 is 14.6 Å². The van der Waals surface area contributed by atoms with E-state index in [2.05, 4.69) is 0 Å². The average Bonchev–Trinajstić information content (AvgIpc) is 2.82. The van der Waals surface area contributed by atoms with Gasteiger partial charge in [0.15, 0.2) is 0 Å². The zero-order chi connectivity index (χ0) is 21.1. The van der Waals surface area contributed by atoms with Crippen molar-refractivity contribution in [1.29, 1.82) is 0 Å². The second-order valence-corrected chi connectivity index (χ2v) is 6.44. The van der Waals surface area contributed by atoms with Gasteiger partial charge in [0, 0.05) is 0 Å². The molecule has 0 saturated heterocycles. The molecule has 4 rings (SSSR count). The third-order valence-corrected chi connectivity index (χ3v) is 4.12. The number of rotatable bonds is 10. The maximum absolute atomic E-state index is 5.98. The van der Waals surface area contributed by atoms with Gasteiger partial charge in [-0.15, -0.1) is 0 Å². The van der Waals surface area contributed by atoms with Crippen LogP contribution in [0.25, 0.3) is 0 Å². The molecular formula is C24H20B2O5. The van der Waals surface area contributed by atoms with Crippen molar-refractivity contribution in [2.24, 2.45) is 0 Å². The molecule has 0 fully saturated rings. The standard InChI is InChI=1S/C24H20B2O5/c1-5-13-21(14-6-1)27-25(28-22-15-7-2-8-16-22)31-26(29-23-17-9-3-10-18-23)30-24-19-11-4-12-20-24/h1-20H. The SMILES string of the molecule is c1ccc(OB(OB(Oc2ccccc2)Oc2ccccc2)Oc2ccccc2)cc1. The minimum absolute atomic E-state index is 0.585. The van der Waals surface area contributed by atoms with Gasteiger partial charge in [-0.3, -0.25) is 0 Å². The molecule has 0 unspecified atom stereocenters. The number of hydrogen-bond donors (Lipinski definition) is 0. The maximum Gasteiger partial charge on any atom is 0.777 e. The molecule has 0 aliphatic carbocycles. The van der Waals surface area contributed by atoms with Crippen molar-refractivity contribution in [3.63, 3.8) is 0 Å². The lowest BCUT2D eigenvalue weighted by atomic mass is 10.1. The highest BCUT2D eigenvalue weighted by Crippen LogP contribution is 2.18. The molecule has 0 heterocycles. The van der Waals surface area contributed by atoms with E-state index in [1.165, 1.54) is 0 Å². The zero-order valence-electron chi connectivity index (χ0n) is 16.7. The Bertz CT molecular complexity index is 853. The van der Waals surface area contributed by atoms with Crippen LogP contribution in [0.3, 0.4) is 0 Å². The summed E-state index contributed by atoms with van der Waals surface area (Å²) < 4.78 is 29.7. The summed E-state index contributed by atoms with van der Waals surface area (Å²) >= 11 is 0. The molecule has 0 spiro atoms. The smallest absolute Gasteiger partial charge is 0.502 e. The van der Waals surface area contributed by atoms with E-state index in [-0.39, 0.29) is 0 Å². The van der Waals surface area contributed by atoms with Crippen molar-refractivity contribution in [1.82, 2.24) is 0 Å². The van der Waals surface area contributed by atoms with E-state index in [0.29, 0.717) is 23.0 Å². The number of benzene rings is 4. The van der Waals surface area contributed by atoms with Crippen LogP contribution in [0.5, 0.6) is 23.0 Å². The Kier molecular flexibility index (Phi) is 7.13. The molecule has 5 nitrogen and oxygen atoms in total. The fourth-order valence-electron chi connectivity index (χ4n) is 2.69. The van der Waals surface area contributed by atoms with Crippen LogP contribution in [0.15, 0.2) is 121 Å². The largest absolute Gasteiger partial charge is 0.777 e. The number of hydrogen-bond acceptors (Lipinski definition) is 5. The molecule has 31 heavy (non-hydrogen) atoms. The van der Waals surface area contributed by atoms with Crippen LogP contribution < -0.4 is 18.6 Å². The molecule has 0 amide bonds. The molecule has 4 aromatic carbocycles. The Morgan fingerprint density at radius 3 is 0.774 bits per heavy atom. The summed E-state index contributed by atoms with van der Waals surface area (Å²) in [5.41, 5.74) is 0. The summed E-state index contributed by atoms with van der Waals surface area (Å²) in [6.45, 7) is 0. The molecule has 0 atom stereocenters. The third-order valence-electron chi connectivity index (χ3n) is 4.12. The first kappa shape index (κ1) is 20.4.